The molecule has 1 aromatic carbocycles. The van der Waals surface area contributed by atoms with E-state index in [9.17, 15) is 18.4 Å². The third-order valence-corrected chi connectivity index (χ3v) is 7.32. The van der Waals surface area contributed by atoms with Gasteiger partial charge in [0.2, 0.25) is 5.91 Å². The monoisotopic (exact) mass is 450 g/mol. The van der Waals surface area contributed by atoms with Crippen molar-refractivity contribution in [2.45, 2.75) is 62.1 Å². The fraction of sp³-hybridized carbons (Fsp3) is 0.652. The van der Waals surface area contributed by atoms with Gasteiger partial charge in [0.15, 0.2) is 18.2 Å². The van der Waals surface area contributed by atoms with Crippen LogP contribution in [0.5, 0.6) is 5.75 Å². The molecule has 1 saturated carbocycles. The molecule has 6 rings (SSSR count). The number of amides is 2. The molecule has 2 bridgehead atoms. The molecule has 1 aliphatic carbocycles. The van der Waals surface area contributed by atoms with Crippen molar-refractivity contribution in [2.24, 2.45) is 0 Å². The minimum absolute atomic E-state index is 0.00299. The van der Waals surface area contributed by atoms with Crippen molar-refractivity contribution in [3.63, 3.8) is 0 Å². The maximum Gasteiger partial charge on any atom is 0.260 e. The van der Waals surface area contributed by atoms with Crippen LogP contribution in [-0.2, 0) is 19.1 Å². The van der Waals surface area contributed by atoms with Crippen LogP contribution < -0.4 is 10.1 Å². The quantitative estimate of drug-likeness (QED) is 0.656. The van der Waals surface area contributed by atoms with Gasteiger partial charge in [0.1, 0.15) is 12.4 Å². The fourth-order valence-electron chi connectivity index (χ4n) is 5.74. The lowest BCUT2D eigenvalue weighted by Crippen LogP contribution is -2.72. The van der Waals surface area contributed by atoms with Crippen LogP contribution in [0, 0.1) is 11.6 Å². The van der Waals surface area contributed by atoms with Crippen LogP contribution in [0.15, 0.2) is 12.1 Å². The molecule has 5 aliphatic rings. The van der Waals surface area contributed by atoms with E-state index in [1.807, 2.05) is 0 Å². The van der Waals surface area contributed by atoms with Crippen LogP contribution >= 0.6 is 0 Å². The summed E-state index contributed by atoms with van der Waals surface area (Å²) in [5.74, 6) is -2.06. The van der Waals surface area contributed by atoms with Gasteiger partial charge in [0, 0.05) is 18.2 Å². The predicted molar refractivity (Wildman–Crippen MR) is 109 cm³/mol. The summed E-state index contributed by atoms with van der Waals surface area (Å²) >= 11 is 0. The lowest BCUT2D eigenvalue weighted by atomic mass is 9.80. The van der Waals surface area contributed by atoms with Gasteiger partial charge in [-0.3, -0.25) is 9.59 Å². The summed E-state index contributed by atoms with van der Waals surface area (Å²) in [5, 5.41) is 3.07. The van der Waals surface area contributed by atoms with Gasteiger partial charge in [-0.15, -0.1) is 0 Å². The summed E-state index contributed by atoms with van der Waals surface area (Å²) in [6.07, 6.45) is 4.30. The van der Waals surface area contributed by atoms with Crippen molar-refractivity contribution < 1.29 is 32.6 Å². The number of fused-ring (bicyclic) bond motifs is 5. The average molecular weight is 450 g/mol. The molecule has 1 aromatic rings. The lowest BCUT2D eigenvalue weighted by molar-refractivity contribution is -0.156. The molecule has 2 atom stereocenters. The molecule has 9 heteroatoms. The highest BCUT2D eigenvalue weighted by molar-refractivity contribution is 5.81. The number of hydrogen-bond donors (Lipinski definition) is 1. The molecule has 0 radical (unpaired) electrons. The number of carbonyl (C=O) groups excluding carboxylic acids is 2. The Morgan fingerprint density at radius 1 is 1.09 bits per heavy atom. The number of nitrogens with zero attached hydrogens (tertiary/aromatic N) is 1. The third-order valence-electron chi connectivity index (χ3n) is 7.32. The number of halogens is 2. The third kappa shape index (κ3) is 3.96. The molecule has 4 aliphatic heterocycles. The van der Waals surface area contributed by atoms with E-state index >= 15 is 0 Å². The molecule has 2 amide bonds. The van der Waals surface area contributed by atoms with Gasteiger partial charge in [0.25, 0.3) is 5.91 Å². The molecule has 1 N–H and O–H groups in total. The van der Waals surface area contributed by atoms with Gasteiger partial charge in [-0.05, 0) is 50.5 Å². The zero-order chi connectivity index (χ0) is 22.3. The van der Waals surface area contributed by atoms with Crippen LogP contribution in [0.2, 0.25) is 0 Å². The minimum Gasteiger partial charge on any atom is -0.480 e. The summed E-state index contributed by atoms with van der Waals surface area (Å²) in [6, 6.07) is 1.71. The predicted octanol–water partition coefficient (Wildman–Crippen LogP) is 2.28. The van der Waals surface area contributed by atoms with Gasteiger partial charge < -0.3 is 24.4 Å². The molecular weight excluding hydrogens is 422 g/mol. The number of rotatable bonds is 0. The van der Waals surface area contributed by atoms with Crippen LogP contribution in [0.25, 0.3) is 0 Å². The maximum absolute atomic E-state index is 14.7. The topological polar surface area (TPSA) is 77.1 Å². The van der Waals surface area contributed by atoms with E-state index in [1.54, 1.807) is 4.90 Å². The average Bonchev–Trinajstić information content (AvgIpc) is 2.78. The Morgan fingerprint density at radius 3 is 2.69 bits per heavy atom. The number of ether oxygens (including phenoxy) is 3. The Morgan fingerprint density at radius 2 is 1.91 bits per heavy atom. The van der Waals surface area contributed by atoms with Crippen LogP contribution in [0.4, 0.5) is 8.78 Å². The molecule has 0 aromatic heterocycles. The highest BCUT2D eigenvalue weighted by Crippen LogP contribution is 2.41. The second-order valence-electron chi connectivity index (χ2n) is 9.31. The second-order valence-corrected chi connectivity index (χ2v) is 9.31. The lowest BCUT2D eigenvalue weighted by Gasteiger charge is -2.51. The van der Waals surface area contributed by atoms with Gasteiger partial charge in [-0.25, -0.2) is 8.78 Å². The zero-order valence-electron chi connectivity index (χ0n) is 17.9. The van der Waals surface area contributed by atoms with Crippen LogP contribution in [0.3, 0.4) is 0 Å². The molecule has 174 valence electrons. The largest absolute Gasteiger partial charge is 0.480 e. The number of hydrogen-bond acceptors (Lipinski definition) is 5. The Balaban J connectivity index is 1.48. The first kappa shape index (κ1) is 21.6. The van der Waals surface area contributed by atoms with E-state index < -0.39 is 23.2 Å². The van der Waals surface area contributed by atoms with Gasteiger partial charge in [0.05, 0.1) is 30.9 Å². The zero-order valence-corrected chi connectivity index (χ0v) is 17.9. The summed E-state index contributed by atoms with van der Waals surface area (Å²) in [5.41, 5.74) is -0.236. The normalized spacial score (nSPS) is 33.3. The SMILES string of the molecule is O=C1COC[C@]2(CCCN3C(=O)COc4c(F)cc(F)cc4C4CCC(CC4)OC[C@@H]32)N1. The summed E-state index contributed by atoms with van der Waals surface area (Å²) in [6.45, 7) is 0.706. The van der Waals surface area contributed by atoms with Crippen molar-refractivity contribution >= 4 is 11.8 Å². The van der Waals surface area contributed by atoms with Gasteiger partial charge in [-0.2, -0.15) is 0 Å². The van der Waals surface area contributed by atoms with Crippen LogP contribution in [-0.4, -0.2) is 67.4 Å². The van der Waals surface area contributed by atoms with E-state index in [0.29, 0.717) is 31.6 Å². The van der Waals surface area contributed by atoms with E-state index in [-0.39, 0.29) is 49.4 Å². The number of nitrogens with one attached hydrogen (secondary N) is 1. The molecule has 3 fully saturated rings. The molecule has 2 saturated heterocycles. The number of carbonyl (C=O) groups is 2. The number of morpholine rings is 1. The Kier molecular flexibility index (Phi) is 5.79. The molecule has 0 unspecified atom stereocenters. The van der Waals surface area contributed by atoms with E-state index in [4.69, 9.17) is 14.2 Å². The highest BCUT2D eigenvalue weighted by atomic mass is 19.1. The molecule has 7 nitrogen and oxygen atoms in total. The van der Waals surface area contributed by atoms with Crippen molar-refractivity contribution in [3.8, 4) is 5.75 Å². The Bertz CT molecular complexity index is 901. The number of benzene rings is 1. The molecule has 4 heterocycles. The first-order valence-corrected chi connectivity index (χ1v) is 11.4. The van der Waals surface area contributed by atoms with Crippen LogP contribution in [0.1, 0.15) is 50.0 Å². The molecule has 1 spiro atoms. The van der Waals surface area contributed by atoms with Crippen molar-refractivity contribution in [3.05, 3.63) is 29.3 Å². The first-order chi connectivity index (χ1) is 15.4. The Labute approximate surface area is 185 Å². The maximum atomic E-state index is 14.7. The van der Waals surface area contributed by atoms with E-state index in [0.717, 1.165) is 31.7 Å². The van der Waals surface area contributed by atoms with Crippen molar-refractivity contribution in [1.82, 2.24) is 10.2 Å². The second kappa shape index (κ2) is 8.59. The van der Waals surface area contributed by atoms with Gasteiger partial charge in [-0.1, -0.05) is 0 Å². The minimum atomic E-state index is -0.791. The first-order valence-electron chi connectivity index (χ1n) is 11.4. The fourth-order valence-corrected chi connectivity index (χ4v) is 5.74. The summed E-state index contributed by atoms with van der Waals surface area (Å²) < 4.78 is 46.2. The molecule has 32 heavy (non-hydrogen) atoms. The summed E-state index contributed by atoms with van der Waals surface area (Å²) in [7, 11) is 0. The highest BCUT2D eigenvalue weighted by Gasteiger charge is 2.50. The van der Waals surface area contributed by atoms with E-state index in [1.165, 1.54) is 6.07 Å². The van der Waals surface area contributed by atoms with Crippen molar-refractivity contribution in [2.75, 3.05) is 33.0 Å². The Hall–Kier alpha value is -2.26. The van der Waals surface area contributed by atoms with Gasteiger partial charge >= 0.3 is 0 Å². The van der Waals surface area contributed by atoms with E-state index in [2.05, 4.69) is 5.32 Å². The van der Waals surface area contributed by atoms with Crippen molar-refractivity contribution in [1.29, 1.82) is 0 Å². The number of piperidine rings is 1. The molecular formula is C23H28F2N2O5. The smallest absolute Gasteiger partial charge is 0.260 e. The summed E-state index contributed by atoms with van der Waals surface area (Å²) in [4.78, 5) is 27.1. The standard InChI is InChI=1S/C23H28F2N2O5/c24-15-8-17-14-2-4-16(5-3-14)31-10-19-23(13-30-11-20(28)26-23)6-1-7-27(19)21(29)12-32-22(17)18(25)9-15/h8-9,14,16,19H,1-7,10-13H2,(H,26,28)/t14?,16?,19-,23+/m1/s1.